The molecule has 0 radical (unpaired) electrons. The quantitative estimate of drug-likeness (QED) is 0.0374. The van der Waals surface area contributed by atoms with Gasteiger partial charge in [-0.3, -0.25) is 53.5 Å². The molecule has 4 aromatic carbocycles. The molecule has 2 aliphatic rings. The van der Waals surface area contributed by atoms with Gasteiger partial charge in [0.15, 0.2) is 0 Å². The summed E-state index contributed by atoms with van der Waals surface area (Å²) in [7, 11) is 1.46. The first kappa shape index (κ1) is 50.6. The minimum Gasteiger partial charge on any atom is -0.495 e. The van der Waals surface area contributed by atoms with Crippen molar-refractivity contribution in [3.8, 4) is 5.75 Å². The van der Waals surface area contributed by atoms with Gasteiger partial charge in [0.05, 0.1) is 56.1 Å². The Kier molecular flexibility index (Phi) is 18.4. The van der Waals surface area contributed by atoms with E-state index in [2.05, 4.69) is 26.6 Å². The predicted molar refractivity (Wildman–Crippen MR) is 253 cm³/mol. The van der Waals surface area contributed by atoms with E-state index >= 15 is 0 Å². The van der Waals surface area contributed by atoms with Crippen molar-refractivity contribution in [1.82, 2.24) is 20.9 Å². The molecule has 0 aliphatic carbocycles. The molecular weight excluding hydrogens is 921 g/mol. The second-order valence-electron chi connectivity index (χ2n) is 15.5. The van der Waals surface area contributed by atoms with E-state index < -0.39 is 53.4 Å². The van der Waals surface area contributed by atoms with E-state index in [-0.39, 0.29) is 93.2 Å². The van der Waals surface area contributed by atoms with Crippen LogP contribution in [0.2, 0.25) is 5.02 Å². The molecule has 0 bridgehead atoms. The Morgan fingerprint density at radius 2 is 1.53 bits per heavy atom. The van der Waals surface area contributed by atoms with Crippen molar-refractivity contribution in [2.45, 2.75) is 44.2 Å². The van der Waals surface area contributed by atoms with Crippen LogP contribution in [-0.2, 0) is 44.7 Å². The SMILES string of the molecule is COc1ccc(N(C(=O)CCl)C(C(=O)NCCc2ccccc2)c2ccc(NC(=O)CCOCCNC(=O)CCOCCNc3cccc4c3C(=O)N(C3CCC(=O)NC3=O)C4=O)cc2)cc1Cl. The number of carbonyl (C=O) groups is 8. The number of nitrogens with zero attached hydrogens (tertiary/aromatic N) is 2. The molecule has 8 amide bonds. The third-order valence-corrected chi connectivity index (χ3v) is 11.4. The minimum absolute atomic E-state index is 0.0224. The molecule has 0 aromatic heterocycles. The van der Waals surface area contributed by atoms with E-state index in [0.29, 0.717) is 41.3 Å². The molecule has 18 nitrogen and oxygen atoms in total. The number of hydrogen-bond donors (Lipinski definition) is 5. The number of methoxy groups -OCH3 is 1. The molecule has 1 saturated heterocycles. The fourth-order valence-corrected chi connectivity index (χ4v) is 7.95. The average molecular weight is 973 g/mol. The molecular formula is C48H51Cl2N7O11. The number of imide groups is 2. The van der Waals surface area contributed by atoms with Crippen molar-refractivity contribution < 1.29 is 52.6 Å². The molecule has 2 aliphatic heterocycles. The summed E-state index contributed by atoms with van der Waals surface area (Å²) in [5.74, 6) is -3.98. The monoisotopic (exact) mass is 971 g/mol. The first-order valence-corrected chi connectivity index (χ1v) is 22.7. The van der Waals surface area contributed by atoms with Crippen LogP contribution in [-0.4, -0.2) is 117 Å². The fraction of sp³-hybridized carbons (Fsp3) is 0.333. The standard InChI is InChI=1S/C48H51Cl2N7O11/c1-66-38-16-14-33(28-35(38)50)56(42(61)29-49)44(46(63)53-21-18-30-6-3-2-4-7-30)31-10-12-32(13-11-31)54-41(60)20-25-68-27-23-52-39(58)19-24-67-26-22-51-36-9-5-8-34-43(36)48(65)57(47(34)64)37-15-17-40(59)55-45(37)62/h2-14,16,28,37,44,51H,15,17-27,29H2,1H3,(H,52,58)(H,53,63)(H,54,60)(H,55,59,62). The number of ether oxygens (including phenoxy) is 3. The van der Waals surface area contributed by atoms with Gasteiger partial charge >= 0.3 is 0 Å². The maximum atomic E-state index is 13.9. The number of nitrogens with one attached hydrogen (secondary N) is 5. The number of halogens is 2. The Hall–Kier alpha value is -6.86. The molecule has 6 rings (SSSR count). The molecule has 2 atom stereocenters. The molecule has 2 heterocycles. The molecule has 0 spiro atoms. The Balaban J connectivity index is 0.898. The fourth-order valence-electron chi connectivity index (χ4n) is 7.57. The summed E-state index contributed by atoms with van der Waals surface area (Å²) >= 11 is 12.5. The van der Waals surface area contributed by atoms with Crippen molar-refractivity contribution in [3.63, 3.8) is 0 Å². The highest BCUT2D eigenvalue weighted by molar-refractivity contribution is 6.33. The summed E-state index contributed by atoms with van der Waals surface area (Å²) in [5.41, 5.74) is 2.95. The summed E-state index contributed by atoms with van der Waals surface area (Å²) in [5, 5.41) is 14.0. The Labute approximate surface area is 402 Å². The lowest BCUT2D eigenvalue weighted by Crippen LogP contribution is -2.54. The van der Waals surface area contributed by atoms with Gasteiger partial charge in [-0.05, 0) is 66.4 Å². The predicted octanol–water partition coefficient (Wildman–Crippen LogP) is 4.40. The number of rotatable bonds is 24. The van der Waals surface area contributed by atoms with Crippen molar-refractivity contribution in [1.29, 1.82) is 0 Å². The number of amides is 8. The minimum atomic E-state index is -1.15. The maximum Gasteiger partial charge on any atom is 0.264 e. The van der Waals surface area contributed by atoms with Gasteiger partial charge in [0.25, 0.3) is 11.8 Å². The molecule has 2 unspecified atom stereocenters. The smallest absolute Gasteiger partial charge is 0.264 e. The molecule has 68 heavy (non-hydrogen) atoms. The van der Waals surface area contributed by atoms with Crippen molar-refractivity contribution in [2.24, 2.45) is 0 Å². The van der Waals surface area contributed by atoms with Crippen LogP contribution in [0.5, 0.6) is 5.75 Å². The molecule has 1 fully saturated rings. The van der Waals surface area contributed by atoms with E-state index in [0.717, 1.165) is 10.5 Å². The van der Waals surface area contributed by atoms with E-state index in [9.17, 15) is 38.4 Å². The van der Waals surface area contributed by atoms with Crippen molar-refractivity contribution >= 4 is 87.5 Å². The van der Waals surface area contributed by atoms with E-state index in [4.69, 9.17) is 37.4 Å². The molecule has 5 N–H and O–H groups in total. The van der Waals surface area contributed by atoms with Gasteiger partial charge in [0, 0.05) is 49.5 Å². The van der Waals surface area contributed by atoms with Gasteiger partial charge in [0.2, 0.25) is 35.4 Å². The Morgan fingerprint density at radius 3 is 2.22 bits per heavy atom. The Morgan fingerprint density at radius 1 is 0.809 bits per heavy atom. The van der Waals surface area contributed by atoms with Gasteiger partial charge in [-0.15, -0.1) is 11.6 Å². The summed E-state index contributed by atoms with van der Waals surface area (Å²) in [6.07, 6.45) is 0.740. The molecule has 358 valence electrons. The lowest BCUT2D eigenvalue weighted by molar-refractivity contribution is -0.136. The number of hydrogen-bond acceptors (Lipinski definition) is 12. The van der Waals surface area contributed by atoms with Crippen LogP contribution >= 0.6 is 23.2 Å². The number of benzene rings is 4. The lowest BCUT2D eigenvalue weighted by atomic mass is 10.0. The summed E-state index contributed by atoms with van der Waals surface area (Å²) in [4.78, 5) is 105. The lowest BCUT2D eigenvalue weighted by Gasteiger charge is -2.31. The van der Waals surface area contributed by atoms with E-state index in [1.165, 1.54) is 24.1 Å². The molecule has 4 aromatic rings. The van der Waals surface area contributed by atoms with Crippen LogP contribution in [0, 0.1) is 0 Å². The zero-order valence-corrected chi connectivity index (χ0v) is 38.7. The first-order valence-electron chi connectivity index (χ1n) is 21.8. The second kappa shape index (κ2) is 24.8. The third-order valence-electron chi connectivity index (χ3n) is 10.9. The number of fused-ring (bicyclic) bond motifs is 1. The van der Waals surface area contributed by atoms with Gasteiger partial charge in [0.1, 0.15) is 23.7 Å². The number of alkyl halides is 1. The zero-order chi connectivity index (χ0) is 48.6. The average Bonchev–Trinajstić information content (AvgIpc) is 3.59. The third kappa shape index (κ3) is 13.2. The van der Waals surface area contributed by atoms with Crippen LogP contribution in [0.4, 0.5) is 17.1 Å². The van der Waals surface area contributed by atoms with Crippen molar-refractivity contribution in [2.75, 3.05) is 74.6 Å². The van der Waals surface area contributed by atoms with E-state index in [1.807, 2.05) is 30.3 Å². The number of piperidine rings is 1. The number of anilines is 3. The Bertz CT molecular complexity index is 2490. The van der Waals surface area contributed by atoms with Gasteiger partial charge in [-0.25, -0.2) is 0 Å². The zero-order valence-electron chi connectivity index (χ0n) is 37.1. The van der Waals surface area contributed by atoms with Gasteiger partial charge in [-0.1, -0.05) is 60.1 Å². The highest BCUT2D eigenvalue weighted by atomic mass is 35.5. The van der Waals surface area contributed by atoms with Crippen LogP contribution < -0.4 is 36.2 Å². The highest BCUT2D eigenvalue weighted by Gasteiger charge is 2.45. The van der Waals surface area contributed by atoms with Crippen molar-refractivity contribution in [3.05, 3.63) is 118 Å². The number of carbonyl (C=O) groups excluding carboxylic acids is 8. The topological polar surface area (TPSA) is 231 Å². The highest BCUT2D eigenvalue weighted by Crippen LogP contribution is 2.35. The normalized spacial score (nSPS) is 14.7. The summed E-state index contributed by atoms with van der Waals surface area (Å²) in [6, 6.07) is 23.4. The van der Waals surface area contributed by atoms with Crippen LogP contribution in [0.3, 0.4) is 0 Å². The summed E-state index contributed by atoms with van der Waals surface area (Å²) < 4.78 is 16.4. The van der Waals surface area contributed by atoms with Crippen LogP contribution in [0.15, 0.2) is 91.0 Å². The van der Waals surface area contributed by atoms with Gasteiger partial charge in [-0.2, -0.15) is 0 Å². The first-order chi connectivity index (χ1) is 32.9. The molecule has 0 saturated carbocycles. The second-order valence-corrected chi connectivity index (χ2v) is 16.2. The van der Waals surface area contributed by atoms with Gasteiger partial charge < -0.3 is 35.5 Å². The molecule has 20 heteroatoms. The largest absolute Gasteiger partial charge is 0.495 e. The van der Waals surface area contributed by atoms with E-state index in [1.54, 1.807) is 48.5 Å². The van der Waals surface area contributed by atoms with Crippen LogP contribution in [0.1, 0.15) is 63.6 Å². The van der Waals surface area contributed by atoms with Crippen LogP contribution in [0.25, 0.3) is 0 Å². The summed E-state index contributed by atoms with van der Waals surface area (Å²) in [6.45, 7) is 1.32. The maximum absolute atomic E-state index is 13.9.